The number of fused-ring (bicyclic) bond motifs is 1. The summed E-state index contributed by atoms with van der Waals surface area (Å²) in [6.45, 7) is 3.89. The second kappa shape index (κ2) is 9.91. The van der Waals surface area contributed by atoms with Gasteiger partial charge in [0.25, 0.3) is 5.91 Å². The van der Waals surface area contributed by atoms with Crippen LogP contribution in [-0.4, -0.2) is 61.3 Å². The summed E-state index contributed by atoms with van der Waals surface area (Å²) in [4.78, 5) is 28.9. The fourth-order valence-corrected chi connectivity index (χ4v) is 4.25. The van der Waals surface area contributed by atoms with Crippen LogP contribution in [-0.2, 0) is 11.3 Å². The van der Waals surface area contributed by atoms with Gasteiger partial charge in [0.1, 0.15) is 5.82 Å². The van der Waals surface area contributed by atoms with E-state index in [4.69, 9.17) is 4.74 Å². The third-order valence-electron chi connectivity index (χ3n) is 6.04. The van der Waals surface area contributed by atoms with Crippen LogP contribution < -0.4 is 5.01 Å². The number of likely N-dealkylation sites (tertiary alicyclic amines) is 1. The molecule has 2 amide bonds. The first-order valence-corrected chi connectivity index (χ1v) is 10.8. The highest BCUT2D eigenvalue weighted by atomic mass is 19.1. The Kier molecular flexibility index (Phi) is 6.80. The minimum absolute atomic E-state index is 0.138. The van der Waals surface area contributed by atoms with Crippen molar-refractivity contribution >= 4 is 23.9 Å². The van der Waals surface area contributed by atoms with E-state index in [0.29, 0.717) is 24.7 Å². The predicted molar refractivity (Wildman–Crippen MR) is 120 cm³/mol. The number of carbonyl (C=O) groups excluding carboxylic acids is 2. The van der Waals surface area contributed by atoms with Crippen molar-refractivity contribution in [2.24, 2.45) is 11.0 Å². The largest absolute Gasteiger partial charge is 0.451 e. The molecule has 2 aromatic rings. The van der Waals surface area contributed by atoms with Gasteiger partial charge in [-0.05, 0) is 67.7 Å². The lowest BCUT2D eigenvalue weighted by Gasteiger charge is -2.33. The Morgan fingerprint density at radius 2 is 1.91 bits per heavy atom. The molecule has 0 atom stereocenters. The van der Waals surface area contributed by atoms with E-state index in [0.717, 1.165) is 48.6 Å². The third kappa shape index (κ3) is 4.96. The lowest BCUT2D eigenvalue weighted by Crippen LogP contribution is -2.39. The zero-order chi connectivity index (χ0) is 22.5. The molecule has 0 aromatic heterocycles. The van der Waals surface area contributed by atoms with Crippen LogP contribution >= 0.6 is 0 Å². The molecule has 2 heterocycles. The van der Waals surface area contributed by atoms with E-state index < -0.39 is 6.09 Å². The number of hydrogen-bond acceptors (Lipinski definition) is 5. The number of rotatable bonds is 6. The highest BCUT2D eigenvalue weighted by molar-refractivity contribution is 5.98. The molecule has 2 aromatic carbocycles. The molecular formula is C24H27FN4O3. The molecule has 2 aliphatic heterocycles. The topological polar surface area (TPSA) is 65.5 Å². The van der Waals surface area contributed by atoms with Crippen molar-refractivity contribution in [3.8, 4) is 0 Å². The normalized spacial score (nSPS) is 17.1. The summed E-state index contributed by atoms with van der Waals surface area (Å²) >= 11 is 0. The van der Waals surface area contributed by atoms with E-state index in [9.17, 15) is 14.0 Å². The average Bonchev–Trinajstić information content (AvgIpc) is 3.13. The monoisotopic (exact) mass is 438 g/mol. The number of anilines is 1. The van der Waals surface area contributed by atoms with Crippen LogP contribution in [0.5, 0.6) is 0 Å². The fourth-order valence-electron chi connectivity index (χ4n) is 4.25. The first-order valence-electron chi connectivity index (χ1n) is 10.8. The minimum atomic E-state index is -0.636. The van der Waals surface area contributed by atoms with Gasteiger partial charge in [-0.15, -0.1) is 0 Å². The molecule has 0 bridgehead atoms. The van der Waals surface area contributed by atoms with Gasteiger partial charge in [0, 0.05) is 31.4 Å². The Morgan fingerprint density at radius 3 is 2.59 bits per heavy atom. The Balaban J connectivity index is 1.26. The minimum Gasteiger partial charge on any atom is -0.451 e. The lowest BCUT2D eigenvalue weighted by atomic mass is 9.96. The van der Waals surface area contributed by atoms with Gasteiger partial charge in [0.15, 0.2) is 0 Å². The number of ether oxygens (including phenoxy) is 1. The predicted octanol–water partition coefficient (Wildman–Crippen LogP) is 3.75. The van der Waals surface area contributed by atoms with Crippen LogP contribution in [0.15, 0.2) is 53.6 Å². The van der Waals surface area contributed by atoms with E-state index in [1.54, 1.807) is 6.21 Å². The zero-order valence-electron chi connectivity index (χ0n) is 18.1. The fraction of sp³-hybridized carbons (Fsp3) is 0.375. The van der Waals surface area contributed by atoms with Gasteiger partial charge in [-0.3, -0.25) is 9.69 Å². The maximum Gasteiger partial charge on any atom is 0.434 e. The molecule has 168 valence electrons. The van der Waals surface area contributed by atoms with Crippen LogP contribution in [0.4, 0.5) is 14.9 Å². The first kappa shape index (κ1) is 22.0. The van der Waals surface area contributed by atoms with Gasteiger partial charge in [0.05, 0.1) is 12.8 Å². The summed E-state index contributed by atoms with van der Waals surface area (Å²) in [5, 5.41) is 5.35. The first-order chi connectivity index (χ1) is 15.5. The molecule has 2 aliphatic rings. The van der Waals surface area contributed by atoms with Gasteiger partial charge in [-0.2, -0.15) is 10.1 Å². The van der Waals surface area contributed by atoms with Gasteiger partial charge >= 0.3 is 6.09 Å². The lowest BCUT2D eigenvalue weighted by molar-refractivity contribution is 0.0719. The molecule has 0 radical (unpaired) electrons. The van der Waals surface area contributed by atoms with Crippen molar-refractivity contribution in [3.63, 3.8) is 0 Å². The van der Waals surface area contributed by atoms with Crippen molar-refractivity contribution in [3.05, 3.63) is 65.5 Å². The van der Waals surface area contributed by atoms with Crippen molar-refractivity contribution in [2.45, 2.75) is 19.4 Å². The standard InChI is InChI=1S/C24H27FN4O3/c1-32-24(31)29(21-8-6-20(25)7-9-21)26-12-15-27-13-10-18(11-14-27)16-28-17-19-4-2-3-5-22(19)23(28)30/h2-9,12,18H,10-11,13-17H2,1H3/b26-12+. The van der Waals surface area contributed by atoms with Gasteiger partial charge < -0.3 is 9.64 Å². The molecule has 1 saturated heterocycles. The summed E-state index contributed by atoms with van der Waals surface area (Å²) < 4.78 is 18.0. The van der Waals surface area contributed by atoms with Gasteiger partial charge in [-0.25, -0.2) is 9.18 Å². The highest BCUT2D eigenvalue weighted by Gasteiger charge is 2.30. The number of amides is 2. The smallest absolute Gasteiger partial charge is 0.434 e. The maximum atomic E-state index is 13.2. The summed E-state index contributed by atoms with van der Waals surface area (Å²) in [6.07, 6.45) is 3.04. The molecule has 0 N–H and O–H groups in total. The van der Waals surface area contributed by atoms with Gasteiger partial charge in [-0.1, -0.05) is 18.2 Å². The molecule has 7 nitrogen and oxygen atoms in total. The number of carbonyl (C=O) groups is 2. The van der Waals surface area contributed by atoms with Crippen LogP contribution in [0.3, 0.4) is 0 Å². The summed E-state index contributed by atoms with van der Waals surface area (Å²) in [5.74, 6) is 0.232. The zero-order valence-corrected chi connectivity index (χ0v) is 18.1. The molecule has 32 heavy (non-hydrogen) atoms. The number of piperidine rings is 1. The van der Waals surface area contributed by atoms with E-state index in [1.165, 1.54) is 31.4 Å². The molecule has 0 unspecified atom stereocenters. The number of hydrazone groups is 1. The highest BCUT2D eigenvalue weighted by Crippen LogP contribution is 2.26. The number of methoxy groups -OCH3 is 1. The average molecular weight is 439 g/mol. The Morgan fingerprint density at radius 1 is 1.19 bits per heavy atom. The quantitative estimate of drug-likeness (QED) is 0.509. The summed E-state index contributed by atoms with van der Waals surface area (Å²) in [5.41, 5.74) is 2.38. The maximum absolute atomic E-state index is 13.2. The summed E-state index contributed by atoms with van der Waals surface area (Å²) in [7, 11) is 1.28. The number of nitrogens with zero attached hydrogens (tertiary/aromatic N) is 4. The van der Waals surface area contributed by atoms with Crippen molar-refractivity contribution < 1.29 is 18.7 Å². The SMILES string of the molecule is COC(=O)N(/N=C/CN1CCC(CN2Cc3ccccc3C2=O)CC1)c1ccc(F)cc1. The number of hydrogen-bond donors (Lipinski definition) is 0. The number of benzene rings is 2. The Labute approximate surface area is 187 Å². The molecule has 1 fully saturated rings. The van der Waals surface area contributed by atoms with Crippen LogP contribution in [0, 0.1) is 11.7 Å². The van der Waals surface area contributed by atoms with Crippen LogP contribution in [0.2, 0.25) is 0 Å². The van der Waals surface area contributed by atoms with Crippen molar-refractivity contribution in [1.82, 2.24) is 9.80 Å². The van der Waals surface area contributed by atoms with Gasteiger partial charge in [0.2, 0.25) is 0 Å². The third-order valence-corrected chi connectivity index (χ3v) is 6.04. The Bertz CT molecular complexity index is 987. The molecule has 0 aliphatic carbocycles. The number of halogens is 1. The molecule has 0 saturated carbocycles. The van der Waals surface area contributed by atoms with Crippen molar-refractivity contribution in [2.75, 3.05) is 38.3 Å². The van der Waals surface area contributed by atoms with E-state index >= 15 is 0 Å². The second-order valence-corrected chi connectivity index (χ2v) is 8.14. The molecule has 8 heteroatoms. The van der Waals surface area contributed by atoms with Crippen LogP contribution in [0.25, 0.3) is 0 Å². The molecular weight excluding hydrogens is 411 g/mol. The van der Waals surface area contributed by atoms with E-state index in [1.807, 2.05) is 29.2 Å². The van der Waals surface area contributed by atoms with E-state index in [2.05, 4.69) is 10.0 Å². The van der Waals surface area contributed by atoms with E-state index in [-0.39, 0.29) is 11.7 Å². The van der Waals surface area contributed by atoms with Crippen molar-refractivity contribution in [1.29, 1.82) is 0 Å². The van der Waals surface area contributed by atoms with Crippen LogP contribution in [0.1, 0.15) is 28.8 Å². The Hall–Kier alpha value is -3.26. The summed E-state index contributed by atoms with van der Waals surface area (Å²) in [6, 6.07) is 13.3. The molecule has 0 spiro atoms. The molecule has 4 rings (SSSR count). The second-order valence-electron chi connectivity index (χ2n) is 8.14.